The molecule has 1 rings (SSSR count). The minimum absolute atomic E-state index is 0.278. The van der Waals surface area contributed by atoms with Gasteiger partial charge in [-0.3, -0.25) is 4.90 Å². The molecular weight excluding hydrogens is 224 g/mol. The first kappa shape index (κ1) is 13.9. The molecule has 1 aliphatic heterocycles. The molecule has 1 saturated heterocycles. The van der Waals surface area contributed by atoms with Crippen molar-refractivity contribution in [2.24, 2.45) is 5.92 Å². The molecule has 0 aliphatic carbocycles. The second kappa shape index (κ2) is 5.98. The molecule has 0 aromatic carbocycles. The van der Waals surface area contributed by atoms with Gasteiger partial charge in [-0.2, -0.15) is 0 Å². The molecule has 1 heterocycles. The third kappa shape index (κ3) is 4.39. The van der Waals surface area contributed by atoms with Gasteiger partial charge in [-0.15, -0.1) is 0 Å². The van der Waals surface area contributed by atoms with Gasteiger partial charge in [-0.05, 0) is 5.92 Å². The quantitative estimate of drug-likeness (QED) is 0.763. The molecule has 1 N–H and O–H groups in total. The monoisotopic (exact) mass is 248 g/mol. The lowest BCUT2D eigenvalue weighted by Gasteiger charge is -2.39. The average molecular weight is 248 g/mol. The summed E-state index contributed by atoms with van der Waals surface area (Å²) in [6.45, 7) is 8.02. The molecule has 0 aromatic heterocycles. The average Bonchev–Trinajstić information content (AvgIpc) is 2.25. The fourth-order valence-electron chi connectivity index (χ4n) is 2.16. The van der Waals surface area contributed by atoms with Crippen molar-refractivity contribution in [2.45, 2.75) is 26.3 Å². The van der Waals surface area contributed by atoms with E-state index in [4.69, 9.17) is 0 Å². The summed E-state index contributed by atoms with van der Waals surface area (Å²) in [5, 5.41) is 3.39. The highest BCUT2D eigenvalue weighted by Crippen LogP contribution is 2.16. The number of sulfone groups is 1. The van der Waals surface area contributed by atoms with Crippen LogP contribution < -0.4 is 5.32 Å². The second-order valence-corrected chi connectivity index (χ2v) is 7.08. The maximum absolute atomic E-state index is 11.2. The topological polar surface area (TPSA) is 49.4 Å². The predicted molar refractivity (Wildman–Crippen MR) is 67.4 cm³/mol. The Hall–Kier alpha value is -0.130. The molecule has 2 atom stereocenters. The van der Waals surface area contributed by atoms with Gasteiger partial charge in [0, 0.05) is 38.5 Å². The Morgan fingerprint density at radius 3 is 2.75 bits per heavy atom. The summed E-state index contributed by atoms with van der Waals surface area (Å²) in [7, 11) is -2.84. The summed E-state index contributed by atoms with van der Waals surface area (Å²) < 4.78 is 22.4. The molecule has 0 radical (unpaired) electrons. The molecule has 2 unspecified atom stereocenters. The zero-order valence-corrected chi connectivity index (χ0v) is 11.4. The van der Waals surface area contributed by atoms with Gasteiger partial charge < -0.3 is 5.32 Å². The van der Waals surface area contributed by atoms with Gasteiger partial charge >= 0.3 is 0 Å². The molecule has 0 spiro atoms. The van der Waals surface area contributed by atoms with Crippen LogP contribution >= 0.6 is 0 Å². The normalized spacial score (nSPS) is 25.6. The smallest absolute Gasteiger partial charge is 0.148 e. The van der Waals surface area contributed by atoms with Crippen LogP contribution in [0.5, 0.6) is 0 Å². The number of hydrogen-bond donors (Lipinski definition) is 1. The van der Waals surface area contributed by atoms with Crippen LogP contribution in [0.4, 0.5) is 0 Å². The fourth-order valence-corrected chi connectivity index (χ4v) is 2.73. The maximum atomic E-state index is 11.2. The Kier molecular flexibility index (Phi) is 5.21. The van der Waals surface area contributed by atoms with Gasteiger partial charge in [-0.25, -0.2) is 8.42 Å². The summed E-state index contributed by atoms with van der Waals surface area (Å²) in [5.41, 5.74) is 0. The summed E-state index contributed by atoms with van der Waals surface area (Å²) in [5.74, 6) is 0.896. The van der Waals surface area contributed by atoms with E-state index in [2.05, 4.69) is 24.1 Å². The highest BCUT2D eigenvalue weighted by Gasteiger charge is 2.26. The molecule has 0 saturated carbocycles. The van der Waals surface area contributed by atoms with Crippen molar-refractivity contribution >= 4 is 9.84 Å². The second-order valence-electron chi connectivity index (χ2n) is 4.82. The molecule has 0 bridgehead atoms. The van der Waals surface area contributed by atoms with Crippen molar-refractivity contribution in [3.8, 4) is 0 Å². The molecule has 0 aromatic rings. The van der Waals surface area contributed by atoms with Gasteiger partial charge in [0.1, 0.15) is 9.84 Å². The predicted octanol–water partition coefficient (Wildman–Crippen LogP) is 0.351. The van der Waals surface area contributed by atoms with Crippen LogP contribution in [0.15, 0.2) is 0 Å². The largest absolute Gasteiger partial charge is 0.314 e. The lowest BCUT2D eigenvalue weighted by atomic mass is 9.96. The first-order chi connectivity index (χ1) is 7.44. The van der Waals surface area contributed by atoms with E-state index < -0.39 is 9.84 Å². The van der Waals surface area contributed by atoms with Gasteiger partial charge in [0.05, 0.1) is 5.75 Å². The van der Waals surface area contributed by atoms with Gasteiger partial charge in [-0.1, -0.05) is 20.3 Å². The summed E-state index contributed by atoms with van der Waals surface area (Å²) in [6.07, 6.45) is 2.45. The summed E-state index contributed by atoms with van der Waals surface area (Å²) in [4.78, 5) is 2.33. The Labute approximate surface area is 99.3 Å². The van der Waals surface area contributed by atoms with Crippen LogP contribution in [0.1, 0.15) is 20.3 Å². The highest BCUT2D eigenvalue weighted by atomic mass is 32.2. The Balaban J connectivity index is 2.53. The number of rotatable bonds is 5. The van der Waals surface area contributed by atoms with Crippen LogP contribution in [0.25, 0.3) is 0 Å². The van der Waals surface area contributed by atoms with Crippen LogP contribution in [0.2, 0.25) is 0 Å². The van der Waals surface area contributed by atoms with Crippen molar-refractivity contribution in [2.75, 3.05) is 38.2 Å². The molecule has 1 fully saturated rings. The Bertz CT molecular complexity index is 303. The van der Waals surface area contributed by atoms with E-state index in [1.54, 1.807) is 0 Å². The van der Waals surface area contributed by atoms with E-state index in [9.17, 15) is 8.42 Å². The molecule has 1 aliphatic rings. The number of hydrogen-bond acceptors (Lipinski definition) is 4. The SMILES string of the molecule is CCC(C)C1CNCCN1CCS(C)(=O)=O. The molecule has 96 valence electrons. The summed E-state index contributed by atoms with van der Waals surface area (Å²) in [6, 6.07) is 0.487. The van der Waals surface area contributed by atoms with E-state index in [1.807, 2.05) is 0 Å². The van der Waals surface area contributed by atoms with Crippen molar-refractivity contribution < 1.29 is 8.42 Å². The first-order valence-electron chi connectivity index (χ1n) is 6.06. The number of nitrogens with one attached hydrogen (secondary N) is 1. The minimum atomic E-state index is -2.84. The van der Waals surface area contributed by atoms with Crippen molar-refractivity contribution in [3.63, 3.8) is 0 Å². The number of piperazine rings is 1. The van der Waals surface area contributed by atoms with Crippen molar-refractivity contribution in [1.29, 1.82) is 0 Å². The van der Waals surface area contributed by atoms with Crippen LogP contribution in [0.3, 0.4) is 0 Å². The molecule has 5 heteroatoms. The summed E-state index contributed by atoms with van der Waals surface area (Å²) >= 11 is 0. The lowest BCUT2D eigenvalue weighted by molar-refractivity contribution is 0.124. The van der Waals surface area contributed by atoms with E-state index in [0.29, 0.717) is 18.5 Å². The van der Waals surface area contributed by atoms with Gasteiger partial charge in [0.15, 0.2) is 0 Å². The lowest BCUT2D eigenvalue weighted by Crippen LogP contribution is -2.54. The van der Waals surface area contributed by atoms with Crippen LogP contribution in [0, 0.1) is 5.92 Å². The molecule has 0 amide bonds. The zero-order chi connectivity index (χ0) is 12.2. The van der Waals surface area contributed by atoms with Crippen LogP contribution in [-0.4, -0.2) is 57.5 Å². The molecule has 16 heavy (non-hydrogen) atoms. The van der Waals surface area contributed by atoms with Crippen LogP contribution in [-0.2, 0) is 9.84 Å². The minimum Gasteiger partial charge on any atom is -0.314 e. The van der Waals surface area contributed by atoms with Crippen molar-refractivity contribution in [1.82, 2.24) is 10.2 Å². The van der Waals surface area contributed by atoms with E-state index in [1.165, 1.54) is 6.26 Å². The Morgan fingerprint density at radius 1 is 1.50 bits per heavy atom. The standard InChI is InChI=1S/C11H24N2O2S/c1-4-10(2)11-9-12-5-6-13(11)7-8-16(3,14)15/h10-12H,4-9H2,1-3H3. The highest BCUT2D eigenvalue weighted by molar-refractivity contribution is 7.90. The Morgan fingerprint density at radius 2 is 2.19 bits per heavy atom. The molecular formula is C11H24N2O2S. The fraction of sp³-hybridized carbons (Fsp3) is 1.00. The molecule has 4 nitrogen and oxygen atoms in total. The third-order valence-corrected chi connectivity index (χ3v) is 4.37. The first-order valence-corrected chi connectivity index (χ1v) is 8.12. The number of nitrogens with zero attached hydrogens (tertiary/aromatic N) is 1. The van der Waals surface area contributed by atoms with E-state index >= 15 is 0 Å². The maximum Gasteiger partial charge on any atom is 0.148 e. The third-order valence-electron chi connectivity index (χ3n) is 3.45. The zero-order valence-electron chi connectivity index (χ0n) is 10.6. The van der Waals surface area contributed by atoms with Crippen molar-refractivity contribution in [3.05, 3.63) is 0 Å². The van der Waals surface area contributed by atoms with E-state index in [-0.39, 0.29) is 5.75 Å². The van der Waals surface area contributed by atoms with Gasteiger partial charge in [0.25, 0.3) is 0 Å². The van der Waals surface area contributed by atoms with E-state index in [0.717, 1.165) is 26.1 Å². The van der Waals surface area contributed by atoms with Gasteiger partial charge in [0.2, 0.25) is 0 Å².